The molecule has 1 N–H and O–H groups in total. The first kappa shape index (κ1) is 13.3. The summed E-state index contributed by atoms with van der Waals surface area (Å²) >= 11 is 0. The Bertz CT molecular complexity index is 521. The fourth-order valence-corrected chi connectivity index (χ4v) is 1.88. The predicted molar refractivity (Wildman–Crippen MR) is 72.3 cm³/mol. The van der Waals surface area contributed by atoms with Gasteiger partial charge in [0.05, 0.1) is 13.0 Å². The molecule has 0 aromatic carbocycles. The van der Waals surface area contributed by atoms with Crippen molar-refractivity contribution in [3.63, 3.8) is 0 Å². The summed E-state index contributed by atoms with van der Waals surface area (Å²) in [6.07, 6.45) is 8.51. The molecule has 0 saturated carbocycles. The van der Waals surface area contributed by atoms with Crippen LogP contribution < -0.4 is 5.32 Å². The number of amides is 1. The van der Waals surface area contributed by atoms with Crippen LogP contribution in [0.1, 0.15) is 24.7 Å². The number of aryl methyl sites for hydroxylation is 1. The number of nitrogens with zero attached hydrogens (tertiary/aromatic N) is 3. The van der Waals surface area contributed by atoms with Crippen LogP contribution in [0.4, 0.5) is 0 Å². The number of hydrogen-bond donors (Lipinski definition) is 1. The summed E-state index contributed by atoms with van der Waals surface area (Å²) in [6.45, 7) is 3.51. The van der Waals surface area contributed by atoms with Gasteiger partial charge in [-0.25, -0.2) is 4.98 Å². The van der Waals surface area contributed by atoms with E-state index in [4.69, 9.17) is 0 Å². The Balaban J connectivity index is 1.85. The third-order valence-corrected chi connectivity index (χ3v) is 2.82. The van der Waals surface area contributed by atoms with Gasteiger partial charge in [0.25, 0.3) is 0 Å². The Hall–Kier alpha value is -2.17. The van der Waals surface area contributed by atoms with E-state index in [9.17, 15) is 4.79 Å². The first-order valence-corrected chi connectivity index (χ1v) is 6.45. The molecular weight excluding hydrogens is 240 g/mol. The van der Waals surface area contributed by atoms with Gasteiger partial charge in [-0.3, -0.25) is 9.78 Å². The lowest BCUT2D eigenvalue weighted by molar-refractivity contribution is -0.120. The van der Waals surface area contributed by atoms with Gasteiger partial charge in [-0.15, -0.1) is 0 Å². The first-order valence-electron chi connectivity index (χ1n) is 6.45. The topological polar surface area (TPSA) is 59.8 Å². The maximum Gasteiger partial charge on any atom is 0.224 e. The Kier molecular flexibility index (Phi) is 4.66. The molecule has 5 nitrogen and oxygen atoms in total. The second-order valence-corrected chi connectivity index (χ2v) is 4.35. The minimum atomic E-state index is -0.00255. The molecule has 19 heavy (non-hydrogen) atoms. The van der Waals surface area contributed by atoms with Crippen LogP contribution in [0.25, 0.3) is 0 Å². The molecule has 2 rings (SSSR count). The molecule has 2 aromatic heterocycles. The maximum atomic E-state index is 11.8. The van der Waals surface area contributed by atoms with Gasteiger partial charge in [0.15, 0.2) is 0 Å². The predicted octanol–water partition coefficient (Wildman–Crippen LogP) is 1.55. The smallest absolute Gasteiger partial charge is 0.224 e. The Morgan fingerprint density at radius 1 is 1.32 bits per heavy atom. The zero-order valence-corrected chi connectivity index (χ0v) is 11.0. The van der Waals surface area contributed by atoms with E-state index in [0.717, 1.165) is 24.4 Å². The molecule has 2 aromatic rings. The fraction of sp³-hybridized carbons (Fsp3) is 0.357. The monoisotopic (exact) mass is 258 g/mol. The molecule has 100 valence electrons. The highest BCUT2D eigenvalue weighted by molar-refractivity contribution is 5.78. The summed E-state index contributed by atoms with van der Waals surface area (Å²) in [5.74, 6) is 0.891. The molecule has 0 unspecified atom stereocenters. The second kappa shape index (κ2) is 6.68. The average Bonchev–Trinajstić information content (AvgIpc) is 2.85. The van der Waals surface area contributed by atoms with E-state index in [1.807, 2.05) is 18.3 Å². The lowest BCUT2D eigenvalue weighted by atomic mass is 10.2. The van der Waals surface area contributed by atoms with Crippen LogP contribution in [0.5, 0.6) is 0 Å². The summed E-state index contributed by atoms with van der Waals surface area (Å²) in [7, 11) is 0. The van der Waals surface area contributed by atoms with Gasteiger partial charge in [0.2, 0.25) is 5.91 Å². The molecule has 0 aliphatic carbocycles. The molecule has 1 amide bonds. The van der Waals surface area contributed by atoms with Crippen molar-refractivity contribution in [2.24, 2.45) is 0 Å². The van der Waals surface area contributed by atoms with Crippen LogP contribution >= 0.6 is 0 Å². The van der Waals surface area contributed by atoms with Crippen LogP contribution in [0.15, 0.2) is 36.9 Å². The van der Waals surface area contributed by atoms with Crippen LogP contribution in [0.2, 0.25) is 0 Å². The van der Waals surface area contributed by atoms with E-state index in [1.165, 1.54) is 0 Å². The van der Waals surface area contributed by atoms with Crippen molar-refractivity contribution in [2.45, 2.75) is 32.9 Å². The highest BCUT2D eigenvalue weighted by Crippen LogP contribution is 2.00. The van der Waals surface area contributed by atoms with E-state index >= 15 is 0 Å². The summed E-state index contributed by atoms with van der Waals surface area (Å²) < 4.78 is 2.06. The fourth-order valence-electron chi connectivity index (χ4n) is 1.88. The van der Waals surface area contributed by atoms with Gasteiger partial charge < -0.3 is 9.88 Å². The number of carbonyl (C=O) groups excluding carboxylic acids is 1. The van der Waals surface area contributed by atoms with Crippen molar-refractivity contribution < 1.29 is 4.79 Å². The third kappa shape index (κ3) is 3.91. The number of hydrogen-bond acceptors (Lipinski definition) is 3. The quantitative estimate of drug-likeness (QED) is 0.855. The third-order valence-electron chi connectivity index (χ3n) is 2.82. The van der Waals surface area contributed by atoms with Crippen molar-refractivity contribution in [3.8, 4) is 0 Å². The summed E-state index contributed by atoms with van der Waals surface area (Å²) in [4.78, 5) is 20.0. The average molecular weight is 258 g/mol. The summed E-state index contributed by atoms with van der Waals surface area (Å²) in [6, 6.07) is 3.69. The zero-order valence-electron chi connectivity index (χ0n) is 11.0. The van der Waals surface area contributed by atoms with Crippen molar-refractivity contribution in [1.82, 2.24) is 19.9 Å². The van der Waals surface area contributed by atoms with E-state index in [-0.39, 0.29) is 5.91 Å². The molecule has 0 aliphatic heterocycles. The largest absolute Gasteiger partial charge is 0.349 e. The summed E-state index contributed by atoms with van der Waals surface area (Å²) in [5, 5.41) is 2.89. The standard InChI is InChI=1S/C14H18N4O/c1-2-8-18-9-7-16-13(18)11-17-14(19)10-12-3-5-15-6-4-12/h3-7,9H,2,8,10-11H2,1H3,(H,17,19). The van der Waals surface area contributed by atoms with Crippen LogP contribution in [-0.4, -0.2) is 20.4 Å². The number of rotatable bonds is 6. The molecule has 0 saturated heterocycles. The van der Waals surface area contributed by atoms with E-state index in [2.05, 4.69) is 26.8 Å². The lowest BCUT2D eigenvalue weighted by Crippen LogP contribution is -2.26. The van der Waals surface area contributed by atoms with Crippen molar-refractivity contribution >= 4 is 5.91 Å². The van der Waals surface area contributed by atoms with Gasteiger partial charge in [0, 0.05) is 31.3 Å². The number of pyridine rings is 1. The molecule has 0 atom stereocenters. The SMILES string of the molecule is CCCn1ccnc1CNC(=O)Cc1ccncc1. The Morgan fingerprint density at radius 3 is 2.84 bits per heavy atom. The van der Waals surface area contributed by atoms with Crippen LogP contribution in [0.3, 0.4) is 0 Å². The van der Waals surface area contributed by atoms with E-state index < -0.39 is 0 Å². The van der Waals surface area contributed by atoms with E-state index in [0.29, 0.717) is 13.0 Å². The van der Waals surface area contributed by atoms with Gasteiger partial charge in [-0.2, -0.15) is 0 Å². The normalized spacial score (nSPS) is 10.4. The van der Waals surface area contributed by atoms with Crippen LogP contribution in [-0.2, 0) is 24.3 Å². The number of nitrogens with one attached hydrogen (secondary N) is 1. The second-order valence-electron chi connectivity index (χ2n) is 4.35. The number of carbonyl (C=O) groups is 1. The van der Waals surface area contributed by atoms with Gasteiger partial charge in [-0.1, -0.05) is 6.92 Å². The van der Waals surface area contributed by atoms with Gasteiger partial charge >= 0.3 is 0 Å². The van der Waals surface area contributed by atoms with Crippen molar-refractivity contribution in [2.75, 3.05) is 0 Å². The van der Waals surface area contributed by atoms with Gasteiger partial charge in [-0.05, 0) is 24.1 Å². The minimum Gasteiger partial charge on any atom is -0.349 e. The molecule has 5 heteroatoms. The zero-order chi connectivity index (χ0) is 13.5. The highest BCUT2D eigenvalue weighted by atomic mass is 16.1. The highest BCUT2D eigenvalue weighted by Gasteiger charge is 2.06. The summed E-state index contributed by atoms with van der Waals surface area (Å²) in [5.41, 5.74) is 0.962. The molecule has 0 fully saturated rings. The van der Waals surface area contributed by atoms with Gasteiger partial charge in [0.1, 0.15) is 5.82 Å². The van der Waals surface area contributed by atoms with Crippen molar-refractivity contribution in [3.05, 3.63) is 48.3 Å². The van der Waals surface area contributed by atoms with E-state index in [1.54, 1.807) is 18.6 Å². The molecule has 0 spiro atoms. The molecule has 0 bridgehead atoms. The van der Waals surface area contributed by atoms with Crippen molar-refractivity contribution in [1.29, 1.82) is 0 Å². The maximum absolute atomic E-state index is 11.8. The Labute approximate surface area is 112 Å². The number of imidazole rings is 1. The molecular formula is C14H18N4O. The first-order chi connectivity index (χ1) is 9.29. The molecule has 0 radical (unpaired) electrons. The minimum absolute atomic E-state index is 0.00255. The molecule has 2 heterocycles. The number of aromatic nitrogens is 3. The molecule has 0 aliphatic rings. The Morgan fingerprint density at radius 2 is 2.11 bits per heavy atom. The lowest BCUT2D eigenvalue weighted by Gasteiger charge is -2.08. The van der Waals surface area contributed by atoms with Crippen LogP contribution in [0, 0.1) is 0 Å².